The van der Waals surface area contributed by atoms with E-state index in [4.69, 9.17) is 0 Å². The number of nitrogens with one attached hydrogen (secondary N) is 1. The Morgan fingerprint density at radius 2 is 1.69 bits per heavy atom. The lowest BCUT2D eigenvalue weighted by molar-refractivity contribution is -0.121. The zero-order chi connectivity index (χ0) is 22.7. The fourth-order valence-corrected chi connectivity index (χ4v) is 4.48. The van der Waals surface area contributed by atoms with Crippen LogP contribution < -0.4 is 5.32 Å². The van der Waals surface area contributed by atoms with Crippen molar-refractivity contribution in [2.45, 2.75) is 32.6 Å². The van der Waals surface area contributed by atoms with Gasteiger partial charge in [0.1, 0.15) is 10.8 Å². The molecule has 8 heteroatoms. The first-order chi connectivity index (χ1) is 15.4. The molecule has 4 rings (SSSR count). The van der Waals surface area contributed by atoms with Crippen molar-refractivity contribution in [3.05, 3.63) is 65.5 Å². The number of nitrogens with zero attached hydrogens (tertiary/aromatic N) is 3. The molecule has 0 spiro atoms. The predicted molar refractivity (Wildman–Crippen MR) is 123 cm³/mol. The summed E-state index contributed by atoms with van der Waals surface area (Å²) in [4.78, 5) is 27.0. The average Bonchev–Trinajstić information content (AvgIpc) is 3.27. The second kappa shape index (κ2) is 9.56. The summed E-state index contributed by atoms with van der Waals surface area (Å²) in [7, 11) is 0. The van der Waals surface area contributed by atoms with Crippen molar-refractivity contribution >= 4 is 28.3 Å². The second-order valence-corrected chi connectivity index (χ2v) is 9.23. The number of aromatic nitrogens is 2. The monoisotopic (exact) mass is 452 g/mol. The summed E-state index contributed by atoms with van der Waals surface area (Å²) in [6, 6.07) is 13.7. The van der Waals surface area contributed by atoms with Crippen LogP contribution in [-0.2, 0) is 4.79 Å². The van der Waals surface area contributed by atoms with Crippen LogP contribution in [0, 0.1) is 11.7 Å². The largest absolute Gasteiger partial charge is 0.339 e. The van der Waals surface area contributed by atoms with Gasteiger partial charge in [0.2, 0.25) is 11.0 Å². The van der Waals surface area contributed by atoms with Gasteiger partial charge in [0, 0.05) is 30.1 Å². The summed E-state index contributed by atoms with van der Waals surface area (Å²) in [5, 5.41) is 12.4. The van der Waals surface area contributed by atoms with E-state index < -0.39 is 0 Å². The van der Waals surface area contributed by atoms with Crippen molar-refractivity contribution in [1.82, 2.24) is 15.1 Å². The van der Waals surface area contributed by atoms with Gasteiger partial charge in [-0.25, -0.2) is 4.39 Å². The molecule has 2 aromatic carbocycles. The Kier molecular flexibility index (Phi) is 6.60. The quantitative estimate of drug-likeness (QED) is 0.594. The second-order valence-electron chi connectivity index (χ2n) is 8.25. The lowest BCUT2D eigenvalue weighted by Crippen LogP contribution is -2.41. The molecule has 0 aliphatic carbocycles. The molecule has 3 aromatic rings. The molecule has 1 aromatic heterocycles. The number of carbonyl (C=O) groups excluding carboxylic acids is 2. The zero-order valence-electron chi connectivity index (χ0n) is 18.0. The highest BCUT2D eigenvalue weighted by molar-refractivity contribution is 7.18. The first-order valence-corrected chi connectivity index (χ1v) is 11.5. The van der Waals surface area contributed by atoms with Crippen LogP contribution in [-0.4, -0.2) is 40.0 Å². The molecule has 0 unspecified atom stereocenters. The third-order valence-electron chi connectivity index (χ3n) is 5.72. The predicted octanol–water partition coefficient (Wildman–Crippen LogP) is 4.96. The minimum absolute atomic E-state index is 0.100. The summed E-state index contributed by atoms with van der Waals surface area (Å²) in [6.07, 6.45) is 1.14. The van der Waals surface area contributed by atoms with Gasteiger partial charge in [-0.2, -0.15) is 0 Å². The maximum Gasteiger partial charge on any atom is 0.253 e. The van der Waals surface area contributed by atoms with Crippen LogP contribution in [0.25, 0.3) is 10.6 Å². The van der Waals surface area contributed by atoms with Crippen molar-refractivity contribution in [1.29, 1.82) is 0 Å². The van der Waals surface area contributed by atoms with Crippen LogP contribution in [0.15, 0.2) is 48.5 Å². The van der Waals surface area contributed by atoms with Gasteiger partial charge in [-0.05, 0) is 48.6 Å². The van der Waals surface area contributed by atoms with Gasteiger partial charge in [-0.15, -0.1) is 10.2 Å². The number of piperidine rings is 1. The van der Waals surface area contributed by atoms with Crippen LogP contribution in [0.3, 0.4) is 0 Å². The van der Waals surface area contributed by atoms with Gasteiger partial charge in [0.15, 0.2) is 0 Å². The SMILES string of the molecule is CC(C)c1ccc(-c2nnc(NC(=O)C3CCN(C(=O)c4ccc(F)cc4)CC3)s2)cc1. The summed E-state index contributed by atoms with van der Waals surface area (Å²) < 4.78 is 13.1. The minimum Gasteiger partial charge on any atom is -0.339 e. The van der Waals surface area contributed by atoms with E-state index in [-0.39, 0.29) is 23.5 Å². The van der Waals surface area contributed by atoms with E-state index in [0.717, 1.165) is 10.6 Å². The fraction of sp³-hybridized carbons (Fsp3) is 0.333. The highest BCUT2D eigenvalue weighted by Crippen LogP contribution is 2.29. The van der Waals surface area contributed by atoms with Gasteiger partial charge in [0.05, 0.1) is 0 Å². The van der Waals surface area contributed by atoms with Crippen LogP contribution >= 0.6 is 11.3 Å². The number of amides is 2. The van der Waals surface area contributed by atoms with E-state index in [1.165, 1.54) is 41.2 Å². The van der Waals surface area contributed by atoms with E-state index in [1.54, 1.807) is 4.90 Å². The molecular formula is C24H25FN4O2S. The zero-order valence-corrected chi connectivity index (χ0v) is 18.9. The molecule has 166 valence electrons. The van der Waals surface area contributed by atoms with Crippen molar-refractivity contribution in [2.24, 2.45) is 5.92 Å². The number of likely N-dealkylation sites (tertiary alicyclic amines) is 1. The molecule has 0 saturated carbocycles. The first-order valence-electron chi connectivity index (χ1n) is 10.7. The van der Waals surface area contributed by atoms with Crippen molar-refractivity contribution < 1.29 is 14.0 Å². The van der Waals surface area contributed by atoms with E-state index in [9.17, 15) is 14.0 Å². The number of benzene rings is 2. The Hall–Kier alpha value is -3.13. The molecule has 1 N–H and O–H groups in total. The minimum atomic E-state index is -0.371. The lowest BCUT2D eigenvalue weighted by atomic mass is 9.95. The molecule has 0 radical (unpaired) electrons. The van der Waals surface area contributed by atoms with Gasteiger partial charge in [-0.3, -0.25) is 9.59 Å². The third-order valence-corrected chi connectivity index (χ3v) is 6.61. The summed E-state index contributed by atoms with van der Waals surface area (Å²) >= 11 is 1.35. The van der Waals surface area contributed by atoms with Crippen LogP contribution in [0.2, 0.25) is 0 Å². The highest BCUT2D eigenvalue weighted by Gasteiger charge is 2.28. The number of anilines is 1. The van der Waals surface area contributed by atoms with Crippen molar-refractivity contribution in [2.75, 3.05) is 18.4 Å². The Morgan fingerprint density at radius 3 is 2.31 bits per heavy atom. The van der Waals surface area contributed by atoms with E-state index >= 15 is 0 Å². The van der Waals surface area contributed by atoms with E-state index in [0.29, 0.717) is 42.5 Å². The molecule has 0 atom stereocenters. The molecule has 2 heterocycles. The smallest absolute Gasteiger partial charge is 0.253 e. The molecule has 2 amide bonds. The Morgan fingerprint density at radius 1 is 1.03 bits per heavy atom. The first kappa shape index (κ1) is 22.1. The normalized spacial score (nSPS) is 14.6. The summed E-state index contributed by atoms with van der Waals surface area (Å²) in [5.74, 6) is -0.335. The molecule has 1 aliphatic rings. The summed E-state index contributed by atoms with van der Waals surface area (Å²) in [6.45, 7) is 5.27. The Balaban J connectivity index is 1.31. The van der Waals surface area contributed by atoms with Crippen LogP contribution in [0.4, 0.5) is 9.52 Å². The molecule has 0 bridgehead atoms. The molecule has 6 nitrogen and oxygen atoms in total. The van der Waals surface area contributed by atoms with Gasteiger partial charge in [-0.1, -0.05) is 49.4 Å². The number of halogens is 1. The molecule has 1 aliphatic heterocycles. The lowest BCUT2D eigenvalue weighted by Gasteiger charge is -2.31. The van der Waals surface area contributed by atoms with Gasteiger partial charge < -0.3 is 10.2 Å². The van der Waals surface area contributed by atoms with Crippen LogP contribution in [0.1, 0.15) is 48.5 Å². The van der Waals surface area contributed by atoms with Gasteiger partial charge in [0.25, 0.3) is 5.91 Å². The summed E-state index contributed by atoms with van der Waals surface area (Å²) in [5.41, 5.74) is 2.69. The van der Waals surface area contributed by atoms with Crippen LogP contribution in [0.5, 0.6) is 0 Å². The molecule has 32 heavy (non-hydrogen) atoms. The number of rotatable bonds is 5. The topological polar surface area (TPSA) is 75.2 Å². The average molecular weight is 453 g/mol. The van der Waals surface area contributed by atoms with E-state index in [2.05, 4.69) is 41.5 Å². The van der Waals surface area contributed by atoms with Crippen molar-refractivity contribution in [3.63, 3.8) is 0 Å². The van der Waals surface area contributed by atoms with E-state index in [1.807, 2.05) is 12.1 Å². The van der Waals surface area contributed by atoms with Gasteiger partial charge >= 0.3 is 0 Å². The molecular weight excluding hydrogens is 427 g/mol. The third kappa shape index (κ3) is 5.02. The maximum absolute atomic E-state index is 13.1. The Bertz CT molecular complexity index is 1090. The number of hydrogen-bond acceptors (Lipinski definition) is 5. The molecule has 1 fully saturated rings. The molecule has 1 saturated heterocycles. The number of carbonyl (C=O) groups is 2. The number of hydrogen-bond donors (Lipinski definition) is 1. The fourth-order valence-electron chi connectivity index (χ4n) is 3.73. The standard InChI is InChI=1S/C24H25FN4O2S/c1-15(2)16-3-5-18(6-4-16)22-27-28-24(32-22)26-21(30)17-11-13-29(14-12-17)23(31)19-7-9-20(25)10-8-19/h3-10,15,17H,11-14H2,1-2H3,(H,26,28,30). The highest BCUT2D eigenvalue weighted by atomic mass is 32.1. The Labute approximate surface area is 190 Å². The maximum atomic E-state index is 13.1. The van der Waals surface area contributed by atoms with Crippen molar-refractivity contribution in [3.8, 4) is 10.6 Å².